The number of aryl methyl sites for hydroxylation is 1. The predicted octanol–water partition coefficient (Wildman–Crippen LogP) is 3.19. The van der Waals surface area contributed by atoms with Crippen LogP contribution < -0.4 is 4.89 Å². The van der Waals surface area contributed by atoms with E-state index in [4.69, 9.17) is 14.9 Å². The van der Waals surface area contributed by atoms with Crippen LogP contribution in [0.15, 0.2) is 18.2 Å². The second-order valence-corrected chi connectivity index (χ2v) is 4.54. The van der Waals surface area contributed by atoms with Gasteiger partial charge < -0.3 is 9.99 Å². The van der Waals surface area contributed by atoms with Crippen molar-refractivity contribution in [1.82, 2.24) is 0 Å². The van der Waals surface area contributed by atoms with Crippen molar-refractivity contribution in [2.75, 3.05) is 0 Å². The number of carboxylic acids is 1. The number of carboxylic acid groups (broad SMARTS) is 1. The van der Waals surface area contributed by atoms with E-state index in [1.54, 1.807) is 19.1 Å². The van der Waals surface area contributed by atoms with E-state index in [-0.39, 0.29) is 11.3 Å². The normalized spacial score (nSPS) is 11.3. The highest BCUT2D eigenvalue weighted by molar-refractivity contribution is 5.91. The Hall–Kier alpha value is -1.55. The number of para-hydroxylation sites is 1. The zero-order valence-corrected chi connectivity index (χ0v) is 10.6. The molecule has 17 heavy (non-hydrogen) atoms. The van der Waals surface area contributed by atoms with Crippen LogP contribution in [0, 0.1) is 6.92 Å². The topological polar surface area (TPSA) is 55.8 Å². The van der Waals surface area contributed by atoms with E-state index in [0.717, 1.165) is 12.0 Å². The van der Waals surface area contributed by atoms with Gasteiger partial charge in [0, 0.05) is 0 Å². The predicted molar refractivity (Wildman–Crippen MR) is 64.2 cm³/mol. The van der Waals surface area contributed by atoms with E-state index in [1.165, 1.54) is 6.07 Å². The van der Waals surface area contributed by atoms with Gasteiger partial charge in [0.2, 0.25) is 0 Å². The van der Waals surface area contributed by atoms with E-state index in [0.29, 0.717) is 0 Å². The van der Waals surface area contributed by atoms with Crippen molar-refractivity contribution >= 4 is 5.97 Å². The van der Waals surface area contributed by atoms with Crippen LogP contribution >= 0.6 is 0 Å². The Morgan fingerprint density at radius 3 is 2.59 bits per heavy atom. The summed E-state index contributed by atoms with van der Waals surface area (Å²) in [4.78, 5) is 21.5. The molecule has 0 aromatic heterocycles. The summed E-state index contributed by atoms with van der Waals surface area (Å²) in [5.74, 6) is -0.761. The van der Waals surface area contributed by atoms with Crippen LogP contribution in [0.2, 0.25) is 0 Å². The number of carbonyl (C=O) groups is 1. The molecule has 0 atom stereocenters. The molecule has 0 aliphatic heterocycles. The lowest BCUT2D eigenvalue weighted by Crippen LogP contribution is -2.25. The Balaban J connectivity index is 2.94. The molecule has 0 radical (unpaired) electrons. The maximum Gasteiger partial charge on any atom is 0.339 e. The molecule has 0 heterocycles. The fraction of sp³-hybridized carbons (Fsp3) is 0.462. The zero-order valence-electron chi connectivity index (χ0n) is 10.6. The number of aromatic carboxylic acids is 1. The summed E-state index contributed by atoms with van der Waals surface area (Å²) in [6.45, 7) is 7.51. The van der Waals surface area contributed by atoms with Crippen molar-refractivity contribution in [3.63, 3.8) is 0 Å². The van der Waals surface area contributed by atoms with E-state index >= 15 is 0 Å². The van der Waals surface area contributed by atoms with E-state index in [9.17, 15) is 4.79 Å². The summed E-state index contributed by atoms with van der Waals surface area (Å²) >= 11 is 0. The Morgan fingerprint density at radius 2 is 2.06 bits per heavy atom. The molecule has 0 fully saturated rings. The third-order valence-electron chi connectivity index (χ3n) is 2.64. The smallest absolute Gasteiger partial charge is 0.339 e. The van der Waals surface area contributed by atoms with Gasteiger partial charge in [-0.25, -0.2) is 4.79 Å². The number of hydrogen-bond acceptors (Lipinski definition) is 3. The average Bonchev–Trinajstić information content (AvgIpc) is 2.27. The molecule has 0 saturated carbocycles. The van der Waals surface area contributed by atoms with Gasteiger partial charge in [-0.3, -0.25) is 0 Å². The Bertz CT molecular complexity index is 410. The lowest BCUT2D eigenvalue weighted by atomic mass is 10.1. The second kappa shape index (κ2) is 5.19. The fourth-order valence-electron chi connectivity index (χ4n) is 1.14. The summed E-state index contributed by atoms with van der Waals surface area (Å²) in [7, 11) is 0. The minimum absolute atomic E-state index is 0.108. The zero-order chi connectivity index (χ0) is 13.1. The molecule has 0 spiro atoms. The van der Waals surface area contributed by atoms with Gasteiger partial charge in [-0.05, 0) is 38.8 Å². The molecule has 94 valence electrons. The molecule has 0 aliphatic carbocycles. The summed E-state index contributed by atoms with van der Waals surface area (Å²) in [5.41, 5.74) is 0.395. The number of rotatable bonds is 5. The van der Waals surface area contributed by atoms with E-state index < -0.39 is 11.6 Å². The van der Waals surface area contributed by atoms with Crippen molar-refractivity contribution in [1.29, 1.82) is 0 Å². The third-order valence-corrected chi connectivity index (χ3v) is 2.64. The first-order valence-electron chi connectivity index (χ1n) is 5.56. The van der Waals surface area contributed by atoms with Gasteiger partial charge in [-0.1, -0.05) is 19.1 Å². The largest absolute Gasteiger partial charge is 0.478 e. The molecule has 0 aliphatic rings. The molecule has 4 nitrogen and oxygen atoms in total. The second-order valence-electron chi connectivity index (χ2n) is 4.54. The van der Waals surface area contributed by atoms with Gasteiger partial charge >= 0.3 is 5.97 Å². The highest BCUT2D eigenvalue weighted by atomic mass is 17.2. The lowest BCUT2D eigenvalue weighted by molar-refractivity contribution is -0.281. The molecule has 1 aromatic carbocycles. The lowest BCUT2D eigenvalue weighted by Gasteiger charge is -2.22. The fourth-order valence-corrected chi connectivity index (χ4v) is 1.14. The first-order valence-corrected chi connectivity index (χ1v) is 5.56. The minimum Gasteiger partial charge on any atom is -0.478 e. The van der Waals surface area contributed by atoms with Gasteiger partial charge in [0.15, 0.2) is 5.75 Å². The SMILES string of the molecule is CCC(C)(C)OOc1c(C)cccc1C(=O)O. The quantitative estimate of drug-likeness (QED) is 0.632. The van der Waals surface area contributed by atoms with Crippen molar-refractivity contribution < 1.29 is 19.7 Å². The van der Waals surface area contributed by atoms with E-state index in [2.05, 4.69) is 0 Å². The van der Waals surface area contributed by atoms with E-state index in [1.807, 2.05) is 20.8 Å². The molecular weight excluding hydrogens is 220 g/mol. The van der Waals surface area contributed by atoms with Crippen LogP contribution in [-0.2, 0) is 4.89 Å². The number of hydrogen-bond donors (Lipinski definition) is 1. The highest BCUT2D eigenvalue weighted by Gasteiger charge is 2.21. The van der Waals surface area contributed by atoms with Crippen LogP contribution in [0.3, 0.4) is 0 Å². The summed E-state index contributed by atoms with van der Waals surface area (Å²) in [6, 6.07) is 4.95. The summed E-state index contributed by atoms with van der Waals surface area (Å²) in [6.07, 6.45) is 0.765. The van der Waals surface area contributed by atoms with Crippen LogP contribution in [0.5, 0.6) is 5.75 Å². The summed E-state index contributed by atoms with van der Waals surface area (Å²) < 4.78 is 0. The molecule has 1 N–H and O–H groups in total. The van der Waals surface area contributed by atoms with Gasteiger partial charge in [0.05, 0.1) is 0 Å². The summed E-state index contributed by atoms with van der Waals surface area (Å²) in [5, 5.41) is 9.04. The van der Waals surface area contributed by atoms with Crippen molar-refractivity contribution in [3.8, 4) is 5.75 Å². The Labute approximate surface area is 101 Å². The molecule has 0 bridgehead atoms. The maximum atomic E-state index is 11.0. The molecule has 0 unspecified atom stereocenters. The Kier molecular flexibility index (Phi) is 4.12. The Morgan fingerprint density at radius 1 is 1.41 bits per heavy atom. The molecule has 1 aromatic rings. The monoisotopic (exact) mass is 238 g/mol. The first kappa shape index (κ1) is 13.5. The first-order chi connectivity index (χ1) is 7.87. The van der Waals surface area contributed by atoms with Crippen LogP contribution in [0.1, 0.15) is 43.1 Å². The number of benzene rings is 1. The average molecular weight is 238 g/mol. The minimum atomic E-state index is -1.03. The third kappa shape index (κ3) is 3.46. The molecule has 0 amide bonds. The molecule has 4 heteroatoms. The van der Waals surface area contributed by atoms with Gasteiger partial charge in [0.25, 0.3) is 0 Å². The van der Waals surface area contributed by atoms with Gasteiger partial charge in [-0.15, -0.1) is 0 Å². The highest BCUT2D eigenvalue weighted by Crippen LogP contribution is 2.26. The van der Waals surface area contributed by atoms with Gasteiger partial charge in [-0.2, -0.15) is 4.89 Å². The molecule has 0 saturated heterocycles. The van der Waals surface area contributed by atoms with Crippen LogP contribution in [0.4, 0.5) is 0 Å². The standard InChI is InChI=1S/C13H18O4/c1-5-13(3,4)17-16-11-9(2)7-6-8-10(11)12(14)15/h6-8H,5H2,1-4H3,(H,14,15). The molecular formula is C13H18O4. The van der Waals surface area contributed by atoms with Gasteiger partial charge in [0.1, 0.15) is 11.2 Å². The van der Waals surface area contributed by atoms with Crippen molar-refractivity contribution in [3.05, 3.63) is 29.3 Å². The van der Waals surface area contributed by atoms with Crippen LogP contribution in [0.25, 0.3) is 0 Å². The van der Waals surface area contributed by atoms with Crippen LogP contribution in [-0.4, -0.2) is 16.7 Å². The van der Waals surface area contributed by atoms with Crippen molar-refractivity contribution in [2.24, 2.45) is 0 Å². The molecule has 1 rings (SSSR count). The van der Waals surface area contributed by atoms with Crippen molar-refractivity contribution in [2.45, 2.75) is 39.7 Å². The maximum absolute atomic E-state index is 11.0.